The molecule has 0 saturated carbocycles. The number of fused-ring (bicyclic) bond motifs is 1. The maximum atomic E-state index is 13.4. The monoisotopic (exact) mass is 383 g/mol. The fourth-order valence-electron chi connectivity index (χ4n) is 2.90. The third kappa shape index (κ3) is 3.54. The number of hydrogen-bond donors (Lipinski definition) is 2. The summed E-state index contributed by atoms with van der Waals surface area (Å²) in [7, 11) is 0. The molecule has 6 nitrogen and oxygen atoms in total. The minimum absolute atomic E-state index is 0.197. The lowest BCUT2D eigenvalue weighted by molar-refractivity contribution is -0.114. The Morgan fingerprint density at radius 2 is 1.89 bits per heavy atom. The molecule has 0 unspecified atom stereocenters. The topological polar surface area (TPSA) is 71.8 Å². The number of anilines is 2. The van der Waals surface area contributed by atoms with Crippen LogP contribution >= 0.6 is 11.6 Å². The van der Waals surface area contributed by atoms with Crippen molar-refractivity contribution >= 4 is 35.1 Å². The number of nitrogens with zero attached hydrogens (tertiary/aromatic N) is 3. The summed E-state index contributed by atoms with van der Waals surface area (Å²) in [5.74, 6) is 0.0953. The van der Waals surface area contributed by atoms with Crippen molar-refractivity contribution in [2.45, 2.75) is 13.0 Å². The van der Waals surface area contributed by atoms with E-state index >= 15 is 0 Å². The van der Waals surface area contributed by atoms with E-state index < -0.39 is 0 Å². The number of nitrogens with one attached hydrogen (secondary N) is 2. The van der Waals surface area contributed by atoms with Gasteiger partial charge in [-0.3, -0.25) is 10.1 Å². The van der Waals surface area contributed by atoms with Crippen LogP contribution in [0.2, 0.25) is 5.02 Å². The first-order valence-electron chi connectivity index (χ1n) is 8.24. The third-order valence-corrected chi connectivity index (χ3v) is 4.37. The van der Waals surface area contributed by atoms with Crippen molar-refractivity contribution < 1.29 is 9.18 Å². The Morgan fingerprint density at radius 1 is 1.19 bits per heavy atom. The molecule has 8 heteroatoms. The van der Waals surface area contributed by atoms with Gasteiger partial charge in [0.25, 0.3) is 5.95 Å². The largest absolute Gasteiger partial charge is 0.324 e. The average molecular weight is 384 g/mol. The third-order valence-electron chi connectivity index (χ3n) is 4.12. The number of hydrogen-bond acceptors (Lipinski definition) is 4. The van der Waals surface area contributed by atoms with E-state index in [9.17, 15) is 9.18 Å². The molecule has 1 aliphatic rings. The Balaban J connectivity index is 1.79. The molecule has 0 bridgehead atoms. The van der Waals surface area contributed by atoms with E-state index in [1.807, 2.05) is 18.2 Å². The zero-order valence-corrected chi connectivity index (χ0v) is 15.0. The number of amides is 1. The van der Waals surface area contributed by atoms with Gasteiger partial charge in [-0.15, -0.1) is 5.10 Å². The van der Waals surface area contributed by atoms with Crippen LogP contribution in [-0.4, -0.2) is 20.7 Å². The van der Waals surface area contributed by atoms with Crippen LogP contribution in [0.4, 0.5) is 16.3 Å². The molecular formula is C19H15ClFN5O. The normalized spacial score (nSPS) is 15.5. The number of allylic oxidation sites excluding steroid dienone is 1. The molecule has 4 rings (SSSR count). The number of aromatic nitrogens is 3. The first-order valence-corrected chi connectivity index (χ1v) is 8.62. The number of halogens is 2. The van der Waals surface area contributed by atoms with Crippen molar-refractivity contribution in [2.75, 3.05) is 10.6 Å². The van der Waals surface area contributed by atoms with Gasteiger partial charge in [0.15, 0.2) is 0 Å². The lowest BCUT2D eigenvalue weighted by atomic mass is 10.0. The van der Waals surface area contributed by atoms with Crippen molar-refractivity contribution in [1.82, 2.24) is 14.8 Å². The number of carbonyl (C=O) groups is 1. The summed E-state index contributed by atoms with van der Waals surface area (Å²) < 4.78 is 15.0. The van der Waals surface area contributed by atoms with Crippen molar-refractivity contribution in [3.8, 4) is 0 Å². The van der Waals surface area contributed by atoms with Crippen LogP contribution in [-0.2, 0) is 4.79 Å². The first-order chi connectivity index (χ1) is 13.0. The molecule has 2 heterocycles. The molecule has 27 heavy (non-hydrogen) atoms. The zero-order chi connectivity index (χ0) is 19.0. The summed E-state index contributed by atoms with van der Waals surface area (Å²) in [6, 6.07) is 13.3. The number of benzene rings is 2. The van der Waals surface area contributed by atoms with Crippen molar-refractivity contribution in [1.29, 1.82) is 0 Å². The Morgan fingerprint density at radius 3 is 2.56 bits per heavy atom. The van der Waals surface area contributed by atoms with Crippen LogP contribution < -0.4 is 10.6 Å². The Labute approximate surface area is 159 Å². The second kappa shape index (κ2) is 6.85. The van der Waals surface area contributed by atoms with Gasteiger partial charge in [-0.25, -0.2) is 9.07 Å². The maximum absolute atomic E-state index is 13.4. The first kappa shape index (κ1) is 17.2. The number of rotatable bonds is 3. The van der Waals surface area contributed by atoms with Gasteiger partial charge < -0.3 is 5.32 Å². The standard InChI is InChI=1S/C19H15ClFN5O/c1-11(27)22-18-24-19-23-16(12-2-6-14(20)7-3-12)10-17(26(19)25-18)13-4-8-15(21)9-5-13/h2-10,17H,1H3,(H2,22,23,24,25,27)/t17-/m1/s1. The highest BCUT2D eigenvalue weighted by Gasteiger charge is 2.25. The van der Waals surface area contributed by atoms with Gasteiger partial charge in [-0.1, -0.05) is 35.9 Å². The molecule has 3 aromatic rings. The minimum atomic E-state index is -0.317. The molecule has 0 fully saturated rings. The molecular weight excluding hydrogens is 369 g/mol. The molecule has 1 atom stereocenters. The Hall–Kier alpha value is -3.19. The molecule has 0 saturated heterocycles. The van der Waals surface area contributed by atoms with Gasteiger partial charge in [-0.05, 0) is 41.5 Å². The van der Waals surface area contributed by atoms with Crippen LogP contribution in [0, 0.1) is 5.82 Å². The average Bonchev–Trinajstić information content (AvgIpc) is 3.03. The van der Waals surface area contributed by atoms with Crippen LogP contribution in [0.15, 0.2) is 54.6 Å². The van der Waals surface area contributed by atoms with E-state index in [-0.39, 0.29) is 23.7 Å². The van der Waals surface area contributed by atoms with E-state index in [0.717, 1.165) is 16.8 Å². The van der Waals surface area contributed by atoms with Crippen molar-refractivity contribution in [3.63, 3.8) is 0 Å². The van der Waals surface area contributed by atoms with Crippen molar-refractivity contribution in [3.05, 3.63) is 76.6 Å². The van der Waals surface area contributed by atoms with Gasteiger partial charge >= 0.3 is 0 Å². The summed E-state index contributed by atoms with van der Waals surface area (Å²) in [5, 5.41) is 10.8. The predicted octanol–water partition coefficient (Wildman–Crippen LogP) is 4.09. The number of carbonyl (C=O) groups excluding carboxylic acids is 1. The minimum Gasteiger partial charge on any atom is -0.324 e. The van der Waals surface area contributed by atoms with Crippen molar-refractivity contribution in [2.24, 2.45) is 0 Å². The zero-order valence-electron chi connectivity index (χ0n) is 14.3. The van der Waals surface area contributed by atoms with Gasteiger partial charge in [0.05, 0.1) is 0 Å². The molecule has 136 valence electrons. The molecule has 0 radical (unpaired) electrons. The molecule has 1 aromatic heterocycles. The second-order valence-electron chi connectivity index (χ2n) is 6.09. The predicted molar refractivity (Wildman–Crippen MR) is 102 cm³/mol. The SMILES string of the molecule is CC(=O)Nc1nc2n(n1)[C@@H](c1ccc(F)cc1)C=C(c1ccc(Cl)cc1)N2. The molecule has 2 N–H and O–H groups in total. The molecule has 0 aliphatic carbocycles. The summed E-state index contributed by atoms with van der Waals surface area (Å²) >= 11 is 5.98. The van der Waals surface area contributed by atoms with Crippen LogP contribution in [0.25, 0.3) is 5.70 Å². The van der Waals surface area contributed by atoms with E-state index in [1.165, 1.54) is 19.1 Å². The van der Waals surface area contributed by atoms with E-state index in [4.69, 9.17) is 11.6 Å². The van der Waals surface area contributed by atoms with E-state index in [0.29, 0.717) is 11.0 Å². The summed E-state index contributed by atoms with van der Waals surface area (Å²) in [4.78, 5) is 15.7. The highest BCUT2D eigenvalue weighted by atomic mass is 35.5. The van der Waals surface area contributed by atoms with Crippen LogP contribution in [0.5, 0.6) is 0 Å². The fourth-order valence-corrected chi connectivity index (χ4v) is 3.02. The van der Waals surface area contributed by atoms with E-state index in [2.05, 4.69) is 20.7 Å². The quantitative estimate of drug-likeness (QED) is 0.714. The lowest BCUT2D eigenvalue weighted by Crippen LogP contribution is -2.20. The maximum Gasteiger partial charge on any atom is 0.250 e. The lowest BCUT2D eigenvalue weighted by Gasteiger charge is -2.24. The summed E-state index contributed by atoms with van der Waals surface area (Å²) in [6.45, 7) is 1.39. The summed E-state index contributed by atoms with van der Waals surface area (Å²) in [5.41, 5.74) is 2.57. The fraction of sp³-hybridized carbons (Fsp3) is 0.105. The highest BCUT2D eigenvalue weighted by Crippen LogP contribution is 2.33. The van der Waals surface area contributed by atoms with Crippen LogP contribution in [0.1, 0.15) is 24.1 Å². The molecule has 0 spiro atoms. The molecule has 1 aliphatic heterocycles. The summed E-state index contributed by atoms with van der Waals surface area (Å²) in [6.07, 6.45) is 1.97. The molecule has 2 aromatic carbocycles. The van der Waals surface area contributed by atoms with E-state index in [1.54, 1.807) is 28.9 Å². The second-order valence-corrected chi connectivity index (χ2v) is 6.53. The van der Waals surface area contributed by atoms with Gasteiger partial charge in [0.2, 0.25) is 11.9 Å². The Bertz CT molecular complexity index is 1030. The Kier molecular flexibility index (Phi) is 4.37. The van der Waals surface area contributed by atoms with Crippen LogP contribution in [0.3, 0.4) is 0 Å². The van der Waals surface area contributed by atoms with Gasteiger partial charge in [0.1, 0.15) is 11.9 Å². The smallest absolute Gasteiger partial charge is 0.250 e. The van der Waals surface area contributed by atoms with Gasteiger partial charge in [-0.2, -0.15) is 4.98 Å². The molecule has 1 amide bonds. The highest BCUT2D eigenvalue weighted by molar-refractivity contribution is 6.30. The van der Waals surface area contributed by atoms with Gasteiger partial charge in [0, 0.05) is 17.6 Å².